The van der Waals surface area contributed by atoms with E-state index in [0.717, 1.165) is 0 Å². The molecule has 0 saturated carbocycles. The Hall–Kier alpha value is -1.23. The Morgan fingerprint density at radius 1 is 1.41 bits per heavy atom. The number of alkyl halides is 5. The molecular formula is C9H4BrF5N2. The number of hydrogen-bond acceptors (Lipinski definition) is 2. The Kier molecular flexibility index (Phi) is 4.03. The minimum absolute atomic E-state index is 0.517. The van der Waals surface area contributed by atoms with Crippen molar-refractivity contribution in [3.05, 3.63) is 27.5 Å². The molecular weight excluding hydrogens is 311 g/mol. The van der Waals surface area contributed by atoms with Crippen molar-refractivity contribution in [1.29, 1.82) is 5.26 Å². The van der Waals surface area contributed by atoms with Crippen molar-refractivity contribution in [2.75, 3.05) is 0 Å². The molecule has 0 radical (unpaired) electrons. The summed E-state index contributed by atoms with van der Waals surface area (Å²) < 4.78 is 61.8. The molecule has 0 N–H and O–H groups in total. The molecule has 2 nitrogen and oxygen atoms in total. The Morgan fingerprint density at radius 3 is 2.41 bits per heavy atom. The van der Waals surface area contributed by atoms with Crippen LogP contribution in [-0.4, -0.2) is 4.98 Å². The fourth-order valence-corrected chi connectivity index (χ4v) is 1.90. The minimum atomic E-state index is -4.75. The largest absolute Gasteiger partial charge is 0.419 e. The van der Waals surface area contributed by atoms with E-state index >= 15 is 0 Å². The SMILES string of the molecule is N#CCc1cc(C(F)F)nc(Br)c1C(F)(F)F. The summed E-state index contributed by atoms with van der Waals surface area (Å²) in [4.78, 5) is 3.12. The summed E-state index contributed by atoms with van der Waals surface area (Å²) in [5, 5.41) is 8.39. The number of aromatic nitrogens is 1. The van der Waals surface area contributed by atoms with Gasteiger partial charge in [0.25, 0.3) is 6.43 Å². The van der Waals surface area contributed by atoms with E-state index in [1.165, 1.54) is 6.07 Å². The Bertz CT molecular complexity index is 464. The Labute approximate surface area is 101 Å². The van der Waals surface area contributed by atoms with Crippen molar-refractivity contribution in [2.45, 2.75) is 19.0 Å². The summed E-state index contributed by atoms with van der Waals surface area (Å²) in [5.74, 6) is 0. The molecule has 0 amide bonds. The van der Waals surface area contributed by atoms with Crippen LogP contribution in [0.2, 0.25) is 0 Å². The maximum atomic E-state index is 12.6. The van der Waals surface area contributed by atoms with E-state index in [4.69, 9.17) is 5.26 Å². The van der Waals surface area contributed by atoms with Gasteiger partial charge in [-0.2, -0.15) is 18.4 Å². The second-order valence-corrected chi connectivity index (χ2v) is 3.76. The van der Waals surface area contributed by atoms with Gasteiger partial charge in [-0.15, -0.1) is 0 Å². The van der Waals surface area contributed by atoms with E-state index in [0.29, 0.717) is 6.07 Å². The van der Waals surface area contributed by atoms with Crippen molar-refractivity contribution in [3.63, 3.8) is 0 Å². The third kappa shape index (κ3) is 3.12. The number of hydrogen-bond donors (Lipinski definition) is 0. The zero-order chi connectivity index (χ0) is 13.2. The van der Waals surface area contributed by atoms with Crippen LogP contribution in [0.15, 0.2) is 10.7 Å². The Balaban J connectivity index is 3.45. The predicted molar refractivity (Wildman–Crippen MR) is 51.2 cm³/mol. The van der Waals surface area contributed by atoms with Gasteiger partial charge in [0, 0.05) is 0 Å². The summed E-state index contributed by atoms with van der Waals surface area (Å²) in [6.07, 6.45) is -8.36. The van der Waals surface area contributed by atoms with Crippen LogP contribution in [0, 0.1) is 11.3 Å². The second-order valence-electron chi connectivity index (χ2n) is 3.01. The van der Waals surface area contributed by atoms with Gasteiger partial charge in [-0.1, -0.05) is 0 Å². The van der Waals surface area contributed by atoms with Crippen molar-refractivity contribution >= 4 is 15.9 Å². The summed E-state index contributed by atoms with van der Waals surface area (Å²) in [5.41, 5.74) is -2.50. The van der Waals surface area contributed by atoms with Crippen molar-refractivity contribution in [3.8, 4) is 6.07 Å². The van der Waals surface area contributed by atoms with Gasteiger partial charge < -0.3 is 0 Å². The summed E-state index contributed by atoms with van der Waals surface area (Å²) >= 11 is 2.50. The quantitative estimate of drug-likeness (QED) is 0.614. The molecule has 0 aliphatic heterocycles. The van der Waals surface area contributed by atoms with E-state index in [-0.39, 0.29) is 0 Å². The molecule has 0 bridgehead atoms. The lowest BCUT2D eigenvalue weighted by atomic mass is 10.1. The van der Waals surface area contributed by atoms with E-state index in [1.54, 1.807) is 0 Å². The summed E-state index contributed by atoms with van der Waals surface area (Å²) in [7, 11) is 0. The van der Waals surface area contributed by atoms with Crippen LogP contribution in [0.1, 0.15) is 23.2 Å². The first kappa shape index (κ1) is 13.8. The average molecular weight is 315 g/mol. The van der Waals surface area contributed by atoms with Gasteiger partial charge in [-0.05, 0) is 27.6 Å². The number of nitrogens with zero attached hydrogens (tertiary/aromatic N) is 2. The zero-order valence-corrected chi connectivity index (χ0v) is 9.61. The second kappa shape index (κ2) is 4.96. The number of pyridine rings is 1. The molecule has 1 rings (SSSR count). The first-order chi connectivity index (χ1) is 7.77. The third-order valence-electron chi connectivity index (χ3n) is 1.85. The molecule has 1 aromatic heterocycles. The molecule has 0 unspecified atom stereocenters. The first-order valence-corrected chi connectivity index (χ1v) is 4.98. The monoisotopic (exact) mass is 314 g/mol. The molecule has 0 aliphatic rings. The van der Waals surface area contributed by atoms with Crippen LogP contribution in [0.5, 0.6) is 0 Å². The topological polar surface area (TPSA) is 36.7 Å². The molecule has 17 heavy (non-hydrogen) atoms. The molecule has 0 saturated heterocycles. The Morgan fingerprint density at radius 2 is 2.00 bits per heavy atom. The molecule has 92 valence electrons. The first-order valence-electron chi connectivity index (χ1n) is 4.19. The predicted octanol–water partition coefficient (Wildman–Crippen LogP) is 3.87. The average Bonchev–Trinajstić information content (AvgIpc) is 2.14. The molecule has 0 fully saturated rings. The van der Waals surface area contributed by atoms with Crippen LogP contribution >= 0.6 is 15.9 Å². The van der Waals surface area contributed by atoms with E-state index in [2.05, 4.69) is 20.9 Å². The van der Waals surface area contributed by atoms with Crippen LogP contribution in [0.25, 0.3) is 0 Å². The summed E-state index contributed by atoms with van der Waals surface area (Å²) in [6, 6.07) is 2.10. The van der Waals surface area contributed by atoms with E-state index in [9.17, 15) is 22.0 Å². The molecule has 1 aromatic rings. The van der Waals surface area contributed by atoms with Crippen molar-refractivity contribution < 1.29 is 22.0 Å². The molecule has 0 aliphatic carbocycles. The van der Waals surface area contributed by atoms with Crippen LogP contribution in [0.3, 0.4) is 0 Å². The highest BCUT2D eigenvalue weighted by Gasteiger charge is 2.37. The van der Waals surface area contributed by atoms with Crippen molar-refractivity contribution in [2.24, 2.45) is 0 Å². The fraction of sp³-hybridized carbons (Fsp3) is 0.333. The standard InChI is InChI=1S/C9H4BrF5N2/c10-7-6(9(13,14)15)4(1-2-16)3-5(17-7)8(11)12/h3,8H,1H2. The van der Waals surface area contributed by atoms with Crippen LogP contribution < -0.4 is 0 Å². The molecule has 8 heteroatoms. The van der Waals surface area contributed by atoms with Gasteiger partial charge in [-0.25, -0.2) is 13.8 Å². The molecule has 0 aromatic carbocycles. The van der Waals surface area contributed by atoms with Crippen LogP contribution in [0.4, 0.5) is 22.0 Å². The molecule has 1 heterocycles. The number of rotatable bonds is 2. The number of halogens is 6. The maximum Gasteiger partial charge on any atom is 0.419 e. The van der Waals surface area contributed by atoms with Gasteiger partial charge in [0.2, 0.25) is 0 Å². The van der Waals surface area contributed by atoms with Gasteiger partial charge >= 0.3 is 6.18 Å². The third-order valence-corrected chi connectivity index (χ3v) is 2.43. The van der Waals surface area contributed by atoms with Gasteiger partial charge in [0.15, 0.2) is 0 Å². The smallest absolute Gasteiger partial charge is 0.239 e. The summed E-state index contributed by atoms with van der Waals surface area (Å²) in [6.45, 7) is 0. The van der Waals surface area contributed by atoms with Crippen LogP contribution in [-0.2, 0) is 12.6 Å². The highest BCUT2D eigenvalue weighted by Crippen LogP contribution is 2.38. The maximum absolute atomic E-state index is 12.6. The minimum Gasteiger partial charge on any atom is -0.239 e. The van der Waals surface area contributed by atoms with Gasteiger partial charge in [0.05, 0.1) is 18.1 Å². The normalized spacial score (nSPS) is 11.6. The van der Waals surface area contributed by atoms with Gasteiger partial charge in [0.1, 0.15) is 10.3 Å². The zero-order valence-electron chi connectivity index (χ0n) is 8.02. The fourth-order valence-electron chi connectivity index (χ4n) is 1.22. The molecule has 0 atom stereocenters. The lowest BCUT2D eigenvalue weighted by molar-refractivity contribution is -0.139. The van der Waals surface area contributed by atoms with Crippen molar-refractivity contribution in [1.82, 2.24) is 4.98 Å². The molecule has 0 spiro atoms. The lowest BCUT2D eigenvalue weighted by Crippen LogP contribution is -2.12. The highest BCUT2D eigenvalue weighted by atomic mass is 79.9. The van der Waals surface area contributed by atoms with Gasteiger partial charge in [-0.3, -0.25) is 0 Å². The number of nitriles is 1. The van der Waals surface area contributed by atoms with E-state index in [1.807, 2.05) is 0 Å². The lowest BCUT2D eigenvalue weighted by Gasteiger charge is -2.14. The van der Waals surface area contributed by atoms with E-state index < -0.39 is 40.4 Å². The highest BCUT2D eigenvalue weighted by molar-refractivity contribution is 9.10.